The molecule has 0 atom stereocenters. The zero-order valence-corrected chi connectivity index (χ0v) is 11.8. The Morgan fingerprint density at radius 3 is 2.38 bits per heavy atom. The van der Waals surface area contributed by atoms with Crippen molar-refractivity contribution in [3.63, 3.8) is 0 Å². The minimum absolute atomic E-state index is 0.0947. The van der Waals surface area contributed by atoms with Crippen LogP contribution in [0.3, 0.4) is 0 Å². The van der Waals surface area contributed by atoms with Crippen LogP contribution in [0, 0.1) is 0 Å². The lowest BCUT2D eigenvalue weighted by Gasteiger charge is -2.12. The van der Waals surface area contributed by atoms with E-state index in [1.54, 1.807) is 30.3 Å². The number of esters is 1. The summed E-state index contributed by atoms with van der Waals surface area (Å²) in [6.07, 6.45) is 0.110. The van der Waals surface area contributed by atoms with Crippen molar-refractivity contribution in [3.8, 4) is 0 Å². The molecule has 0 heterocycles. The summed E-state index contributed by atoms with van der Waals surface area (Å²) in [6, 6.07) is 14.3. The average molecular weight is 283 g/mol. The number of benzene rings is 2. The molecule has 0 aliphatic carbocycles. The van der Waals surface area contributed by atoms with Gasteiger partial charge in [-0.05, 0) is 11.1 Å². The molecule has 21 heavy (non-hydrogen) atoms. The van der Waals surface area contributed by atoms with Gasteiger partial charge in [-0.1, -0.05) is 48.5 Å². The maximum Gasteiger partial charge on any atom is 0.309 e. The molecule has 0 amide bonds. The Labute approximate surface area is 123 Å². The number of carbonyl (C=O) groups excluding carboxylic acids is 2. The molecule has 108 valence electrons. The Balaban J connectivity index is 2.42. The first-order chi connectivity index (χ1) is 10.2. The SMILES string of the molecule is COC(=O)Cc1cccc(C(=O)c2ccccc2)c1CN. The zero-order chi connectivity index (χ0) is 15.2. The van der Waals surface area contributed by atoms with E-state index in [-0.39, 0.29) is 24.7 Å². The molecule has 0 aliphatic rings. The molecule has 0 spiro atoms. The van der Waals surface area contributed by atoms with Crippen molar-refractivity contribution < 1.29 is 14.3 Å². The Morgan fingerprint density at radius 1 is 1.05 bits per heavy atom. The highest BCUT2D eigenvalue weighted by Gasteiger charge is 2.16. The molecule has 2 rings (SSSR count). The van der Waals surface area contributed by atoms with Crippen molar-refractivity contribution in [2.24, 2.45) is 5.73 Å². The minimum atomic E-state index is -0.353. The van der Waals surface area contributed by atoms with Crippen LogP contribution in [0.1, 0.15) is 27.0 Å². The summed E-state index contributed by atoms with van der Waals surface area (Å²) in [5.74, 6) is -0.447. The third-order valence-corrected chi connectivity index (χ3v) is 3.32. The van der Waals surface area contributed by atoms with Crippen molar-refractivity contribution in [1.29, 1.82) is 0 Å². The number of methoxy groups -OCH3 is 1. The van der Waals surface area contributed by atoms with E-state index in [1.165, 1.54) is 7.11 Å². The molecule has 0 aromatic heterocycles. The molecule has 0 saturated heterocycles. The Bertz CT molecular complexity index is 650. The Morgan fingerprint density at radius 2 is 1.76 bits per heavy atom. The summed E-state index contributed by atoms with van der Waals surface area (Å²) in [6.45, 7) is 0.196. The summed E-state index contributed by atoms with van der Waals surface area (Å²) < 4.78 is 4.67. The molecule has 0 saturated carbocycles. The van der Waals surface area contributed by atoms with Crippen molar-refractivity contribution in [1.82, 2.24) is 0 Å². The van der Waals surface area contributed by atoms with Gasteiger partial charge in [-0.15, -0.1) is 0 Å². The topological polar surface area (TPSA) is 69.4 Å². The van der Waals surface area contributed by atoms with E-state index in [0.717, 1.165) is 5.56 Å². The largest absolute Gasteiger partial charge is 0.469 e. The van der Waals surface area contributed by atoms with Gasteiger partial charge in [0.15, 0.2) is 5.78 Å². The first-order valence-corrected chi connectivity index (χ1v) is 6.64. The van der Waals surface area contributed by atoms with Gasteiger partial charge < -0.3 is 10.5 Å². The predicted molar refractivity (Wildman–Crippen MR) is 79.9 cm³/mol. The molecule has 4 heteroatoms. The van der Waals surface area contributed by atoms with Crippen LogP contribution >= 0.6 is 0 Å². The summed E-state index contributed by atoms with van der Waals surface area (Å²) in [4.78, 5) is 24.0. The minimum Gasteiger partial charge on any atom is -0.469 e. The second-order valence-electron chi connectivity index (χ2n) is 4.60. The number of hydrogen-bond acceptors (Lipinski definition) is 4. The van der Waals surface area contributed by atoms with E-state index in [0.29, 0.717) is 16.7 Å². The van der Waals surface area contributed by atoms with Crippen molar-refractivity contribution in [3.05, 3.63) is 70.8 Å². The average Bonchev–Trinajstić information content (AvgIpc) is 2.54. The van der Waals surface area contributed by atoms with Gasteiger partial charge in [-0.3, -0.25) is 9.59 Å². The summed E-state index contributed by atoms with van der Waals surface area (Å²) >= 11 is 0. The molecule has 0 bridgehead atoms. The molecule has 0 aliphatic heterocycles. The van der Waals surface area contributed by atoms with Crippen molar-refractivity contribution in [2.75, 3.05) is 7.11 Å². The molecule has 0 radical (unpaired) electrons. The summed E-state index contributed by atoms with van der Waals surface area (Å²) in [7, 11) is 1.34. The third-order valence-electron chi connectivity index (χ3n) is 3.32. The van der Waals surface area contributed by atoms with Gasteiger partial charge in [0.1, 0.15) is 0 Å². The molecule has 2 aromatic carbocycles. The number of carbonyl (C=O) groups is 2. The first-order valence-electron chi connectivity index (χ1n) is 6.64. The Hall–Kier alpha value is -2.46. The van der Waals surface area contributed by atoms with Gasteiger partial charge in [0.2, 0.25) is 0 Å². The number of hydrogen-bond donors (Lipinski definition) is 1. The fourth-order valence-corrected chi connectivity index (χ4v) is 2.23. The van der Waals surface area contributed by atoms with E-state index >= 15 is 0 Å². The lowest BCUT2D eigenvalue weighted by Crippen LogP contribution is -2.14. The molecule has 0 unspecified atom stereocenters. The summed E-state index contributed by atoms with van der Waals surface area (Å²) in [5.41, 5.74) is 8.33. The fourth-order valence-electron chi connectivity index (χ4n) is 2.23. The van der Waals surface area contributed by atoms with E-state index in [2.05, 4.69) is 4.74 Å². The number of ketones is 1. The lowest BCUT2D eigenvalue weighted by molar-refractivity contribution is -0.139. The maximum atomic E-state index is 12.6. The Kier molecular flexibility index (Phi) is 4.85. The maximum absolute atomic E-state index is 12.6. The lowest BCUT2D eigenvalue weighted by atomic mass is 9.93. The number of nitrogens with two attached hydrogens (primary N) is 1. The number of rotatable bonds is 5. The van der Waals surface area contributed by atoms with Crippen molar-refractivity contribution in [2.45, 2.75) is 13.0 Å². The van der Waals surface area contributed by atoms with E-state index < -0.39 is 0 Å². The zero-order valence-electron chi connectivity index (χ0n) is 11.8. The van der Waals surface area contributed by atoms with Crippen LogP contribution in [0.15, 0.2) is 48.5 Å². The van der Waals surface area contributed by atoms with Gasteiger partial charge in [0.25, 0.3) is 0 Å². The van der Waals surface area contributed by atoms with Gasteiger partial charge in [-0.25, -0.2) is 0 Å². The molecule has 2 aromatic rings. The normalized spacial score (nSPS) is 10.2. The van der Waals surface area contributed by atoms with Crippen LogP contribution in [-0.2, 0) is 22.5 Å². The smallest absolute Gasteiger partial charge is 0.309 e. The fraction of sp³-hybridized carbons (Fsp3) is 0.176. The second-order valence-corrected chi connectivity index (χ2v) is 4.60. The first kappa shape index (κ1) is 14.9. The van der Waals surface area contributed by atoms with Gasteiger partial charge in [-0.2, -0.15) is 0 Å². The van der Waals surface area contributed by atoms with Crippen LogP contribution in [0.5, 0.6) is 0 Å². The quantitative estimate of drug-likeness (QED) is 0.674. The van der Waals surface area contributed by atoms with E-state index in [9.17, 15) is 9.59 Å². The van der Waals surface area contributed by atoms with E-state index in [1.807, 2.05) is 18.2 Å². The van der Waals surface area contributed by atoms with Crippen LogP contribution in [-0.4, -0.2) is 18.9 Å². The van der Waals surface area contributed by atoms with Crippen molar-refractivity contribution >= 4 is 11.8 Å². The van der Waals surface area contributed by atoms with Crippen LogP contribution in [0.2, 0.25) is 0 Å². The van der Waals surface area contributed by atoms with E-state index in [4.69, 9.17) is 5.73 Å². The van der Waals surface area contributed by atoms with Crippen LogP contribution < -0.4 is 5.73 Å². The standard InChI is InChI=1S/C17H17NO3/c1-21-16(19)10-13-8-5-9-14(15(13)11-18)17(20)12-6-3-2-4-7-12/h2-9H,10-11,18H2,1H3. The van der Waals surface area contributed by atoms with Gasteiger partial charge >= 0.3 is 5.97 Å². The second kappa shape index (κ2) is 6.81. The monoisotopic (exact) mass is 283 g/mol. The highest BCUT2D eigenvalue weighted by Crippen LogP contribution is 2.19. The number of ether oxygens (including phenoxy) is 1. The molecular formula is C17H17NO3. The molecule has 2 N–H and O–H groups in total. The van der Waals surface area contributed by atoms with Gasteiger partial charge in [0, 0.05) is 17.7 Å². The highest BCUT2D eigenvalue weighted by atomic mass is 16.5. The molecule has 4 nitrogen and oxygen atoms in total. The predicted octanol–water partition coefficient (Wildman–Crippen LogP) is 2.09. The molecule has 0 fully saturated rings. The highest BCUT2D eigenvalue weighted by molar-refractivity contribution is 6.10. The summed E-state index contributed by atoms with van der Waals surface area (Å²) in [5, 5.41) is 0. The van der Waals surface area contributed by atoms with Crippen LogP contribution in [0.25, 0.3) is 0 Å². The van der Waals surface area contributed by atoms with Crippen LogP contribution in [0.4, 0.5) is 0 Å². The molecular weight excluding hydrogens is 266 g/mol. The van der Waals surface area contributed by atoms with Gasteiger partial charge in [0.05, 0.1) is 13.5 Å². The third kappa shape index (κ3) is 3.35.